The fourth-order valence-corrected chi connectivity index (χ4v) is 4.55. The first-order valence-corrected chi connectivity index (χ1v) is 11.4. The Morgan fingerprint density at radius 3 is 2.76 bits per heavy atom. The summed E-state index contributed by atoms with van der Waals surface area (Å²) in [4.78, 5) is 16.3. The summed E-state index contributed by atoms with van der Waals surface area (Å²) in [6.07, 6.45) is 4.54. The largest absolute Gasteiger partial charge is 0.476 e. The number of halogens is 1. The summed E-state index contributed by atoms with van der Waals surface area (Å²) in [5.41, 5.74) is 3.73. The number of aromatic amines is 1. The van der Waals surface area contributed by atoms with Crippen molar-refractivity contribution < 1.29 is 9.90 Å². The topological polar surface area (TPSA) is 115 Å². The highest BCUT2D eigenvalue weighted by atomic mass is 35.5. The highest BCUT2D eigenvalue weighted by Gasteiger charge is 2.22. The van der Waals surface area contributed by atoms with E-state index in [2.05, 4.69) is 37.1 Å². The number of carboxylic acids is 1. The molecular formula is C24H22ClN7O2. The summed E-state index contributed by atoms with van der Waals surface area (Å²) in [7, 11) is 0. The second kappa shape index (κ2) is 9.11. The first-order chi connectivity index (χ1) is 16.6. The Bertz CT molecular complexity index is 1470. The number of carbonyl (C=O) groups is 1. The van der Waals surface area contributed by atoms with Crippen LogP contribution in [-0.4, -0.2) is 45.8 Å². The molecule has 0 aliphatic rings. The molecule has 0 radical (unpaired) electrons. The molecular weight excluding hydrogens is 454 g/mol. The predicted octanol–water partition coefficient (Wildman–Crippen LogP) is 4.75. The van der Waals surface area contributed by atoms with Gasteiger partial charge in [0.25, 0.3) is 0 Å². The van der Waals surface area contributed by atoms with Gasteiger partial charge in [0.15, 0.2) is 10.8 Å². The van der Waals surface area contributed by atoms with Crippen LogP contribution in [0.3, 0.4) is 0 Å². The van der Waals surface area contributed by atoms with Crippen molar-refractivity contribution in [2.24, 2.45) is 0 Å². The van der Waals surface area contributed by atoms with Gasteiger partial charge in [-0.2, -0.15) is 5.21 Å². The van der Waals surface area contributed by atoms with Crippen LogP contribution in [0.2, 0.25) is 5.15 Å². The highest BCUT2D eigenvalue weighted by Crippen LogP contribution is 2.30. The van der Waals surface area contributed by atoms with Gasteiger partial charge < -0.3 is 14.2 Å². The third-order valence-electron chi connectivity index (χ3n) is 5.86. The van der Waals surface area contributed by atoms with E-state index in [4.69, 9.17) is 11.6 Å². The summed E-state index contributed by atoms with van der Waals surface area (Å²) < 4.78 is 3.79. The van der Waals surface area contributed by atoms with Crippen LogP contribution in [0.15, 0.2) is 54.7 Å². The first-order valence-electron chi connectivity index (χ1n) is 11.0. The average molecular weight is 476 g/mol. The van der Waals surface area contributed by atoms with Crippen LogP contribution in [0.1, 0.15) is 41.6 Å². The van der Waals surface area contributed by atoms with Crippen LogP contribution in [0, 0.1) is 0 Å². The SMILES string of the molecule is CCCCc1nc(Cl)c(C(=O)O)n1Cc1cccc2c1ccn2-c1ccccc1-c1nn[nH]n1. The lowest BCUT2D eigenvalue weighted by atomic mass is 10.1. The Morgan fingerprint density at radius 1 is 1.15 bits per heavy atom. The Kier molecular flexibility index (Phi) is 5.85. The van der Waals surface area contributed by atoms with Gasteiger partial charge in [-0.15, -0.1) is 10.2 Å². The summed E-state index contributed by atoms with van der Waals surface area (Å²) in [6, 6.07) is 15.9. The van der Waals surface area contributed by atoms with Crippen LogP contribution in [0.4, 0.5) is 0 Å². The van der Waals surface area contributed by atoms with E-state index >= 15 is 0 Å². The number of carboxylic acid groups (broad SMARTS) is 1. The van der Waals surface area contributed by atoms with Crippen molar-refractivity contribution in [3.8, 4) is 17.1 Å². The normalized spacial score (nSPS) is 11.4. The first kappa shape index (κ1) is 21.8. The minimum absolute atomic E-state index is 0.0201. The molecule has 0 amide bonds. The number of imidazole rings is 1. The minimum Gasteiger partial charge on any atom is -0.476 e. The van der Waals surface area contributed by atoms with Crippen molar-refractivity contribution in [1.82, 2.24) is 34.7 Å². The van der Waals surface area contributed by atoms with Gasteiger partial charge in [-0.1, -0.05) is 49.2 Å². The molecule has 2 aromatic carbocycles. The molecule has 0 spiro atoms. The van der Waals surface area contributed by atoms with Crippen molar-refractivity contribution in [2.75, 3.05) is 0 Å². The fraction of sp³-hybridized carbons (Fsp3) is 0.208. The summed E-state index contributed by atoms with van der Waals surface area (Å²) >= 11 is 6.22. The molecule has 0 unspecified atom stereocenters. The Balaban J connectivity index is 1.61. The van der Waals surface area contributed by atoms with Gasteiger partial charge in [-0.3, -0.25) is 0 Å². The number of fused-ring (bicyclic) bond motifs is 1. The molecule has 0 saturated heterocycles. The van der Waals surface area contributed by atoms with Crippen LogP contribution in [0.5, 0.6) is 0 Å². The van der Waals surface area contributed by atoms with Crippen LogP contribution in [0.25, 0.3) is 28.0 Å². The maximum Gasteiger partial charge on any atom is 0.355 e. The molecule has 34 heavy (non-hydrogen) atoms. The van der Waals surface area contributed by atoms with Gasteiger partial charge in [0.2, 0.25) is 5.82 Å². The van der Waals surface area contributed by atoms with E-state index in [1.165, 1.54) is 0 Å². The lowest BCUT2D eigenvalue weighted by Crippen LogP contribution is -2.13. The number of unbranched alkanes of at least 4 members (excludes halogenated alkanes) is 1. The molecule has 5 aromatic rings. The number of benzene rings is 2. The zero-order chi connectivity index (χ0) is 23.7. The highest BCUT2D eigenvalue weighted by molar-refractivity contribution is 6.32. The van der Waals surface area contributed by atoms with Crippen molar-refractivity contribution in [3.63, 3.8) is 0 Å². The van der Waals surface area contributed by atoms with Gasteiger partial charge in [0.05, 0.1) is 17.7 Å². The van der Waals surface area contributed by atoms with E-state index in [0.717, 1.165) is 40.6 Å². The molecule has 3 aromatic heterocycles. The monoisotopic (exact) mass is 475 g/mol. The maximum atomic E-state index is 12.0. The number of aromatic nitrogens is 7. The molecule has 0 bridgehead atoms. The number of rotatable bonds is 8. The Hall–Kier alpha value is -3.98. The fourth-order valence-electron chi connectivity index (χ4n) is 4.27. The number of hydrogen-bond acceptors (Lipinski definition) is 5. The molecule has 172 valence electrons. The molecule has 0 atom stereocenters. The standard InChI is InChI=1S/C24H22ClN7O2/c1-2-3-11-20-26-22(25)21(24(33)34)32(20)14-15-7-6-10-18-16(15)12-13-31(18)19-9-5-4-8-17(19)23-27-29-30-28-23/h4-10,12-13H,2-3,11,14H2,1H3,(H,33,34)(H,27,28,29,30). The number of hydrogen-bond donors (Lipinski definition) is 2. The van der Waals surface area contributed by atoms with E-state index in [0.29, 0.717) is 24.6 Å². The van der Waals surface area contributed by atoms with Crippen molar-refractivity contribution >= 4 is 28.5 Å². The van der Waals surface area contributed by atoms with Crippen LogP contribution >= 0.6 is 11.6 Å². The Morgan fingerprint density at radius 2 is 2.00 bits per heavy atom. The molecule has 0 aliphatic heterocycles. The van der Waals surface area contributed by atoms with Crippen molar-refractivity contribution in [3.05, 3.63) is 77.0 Å². The minimum atomic E-state index is -1.08. The smallest absolute Gasteiger partial charge is 0.355 e. The average Bonchev–Trinajstić information content (AvgIpc) is 3.57. The number of aryl methyl sites for hydroxylation is 1. The summed E-state index contributed by atoms with van der Waals surface area (Å²) in [6.45, 7) is 2.44. The van der Waals surface area contributed by atoms with Gasteiger partial charge in [0.1, 0.15) is 5.82 Å². The summed E-state index contributed by atoms with van der Waals surface area (Å²) in [5.74, 6) is 0.107. The van der Waals surface area contributed by atoms with E-state index in [1.54, 1.807) is 4.57 Å². The van der Waals surface area contributed by atoms with E-state index < -0.39 is 5.97 Å². The second-order valence-electron chi connectivity index (χ2n) is 7.95. The zero-order valence-electron chi connectivity index (χ0n) is 18.4. The number of H-pyrrole nitrogens is 1. The molecule has 5 rings (SSSR count). The Labute approximate surface area is 200 Å². The molecule has 0 fully saturated rings. The quantitative estimate of drug-likeness (QED) is 0.334. The molecule has 9 nitrogen and oxygen atoms in total. The molecule has 0 saturated carbocycles. The number of nitrogens with zero attached hydrogens (tertiary/aromatic N) is 6. The van der Waals surface area contributed by atoms with Gasteiger partial charge in [-0.05, 0) is 41.5 Å². The third-order valence-corrected chi connectivity index (χ3v) is 6.13. The number of nitrogens with one attached hydrogen (secondary N) is 1. The van der Waals surface area contributed by atoms with Gasteiger partial charge >= 0.3 is 5.97 Å². The molecule has 3 heterocycles. The molecule has 0 aliphatic carbocycles. The number of tetrazole rings is 1. The second-order valence-corrected chi connectivity index (χ2v) is 8.31. The van der Waals surface area contributed by atoms with E-state index in [1.807, 2.05) is 54.7 Å². The summed E-state index contributed by atoms with van der Waals surface area (Å²) in [5, 5.41) is 25.3. The third kappa shape index (κ3) is 3.84. The number of para-hydroxylation sites is 1. The predicted molar refractivity (Wildman–Crippen MR) is 128 cm³/mol. The molecule has 2 N–H and O–H groups in total. The van der Waals surface area contributed by atoms with E-state index in [9.17, 15) is 9.90 Å². The maximum absolute atomic E-state index is 12.0. The number of aromatic carboxylic acids is 1. The van der Waals surface area contributed by atoms with Gasteiger partial charge in [0, 0.05) is 23.6 Å². The van der Waals surface area contributed by atoms with Crippen LogP contribution in [-0.2, 0) is 13.0 Å². The van der Waals surface area contributed by atoms with Gasteiger partial charge in [-0.25, -0.2) is 9.78 Å². The van der Waals surface area contributed by atoms with Crippen molar-refractivity contribution in [2.45, 2.75) is 32.7 Å². The van der Waals surface area contributed by atoms with E-state index in [-0.39, 0.29) is 10.8 Å². The zero-order valence-corrected chi connectivity index (χ0v) is 19.2. The lowest BCUT2D eigenvalue weighted by Gasteiger charge is -2.13. The van der Waals surface area contributed by atoms with Crippen molar-refractivity contribution in [1.29, 1.82) is 0 Å². The molecule has 10 heteroatoms. The lowest BCUT2D eigenvalue weighted by molar-refractivity contribution is 0.0685. The van der Waals surface area contributed by atoms with Crippen LogP contribution < -0.4 is 0 Å².